The number of nitrogens with zero attached hydrogens (tertiary/aromatic N) is 7. The minimum absolute atomic E-state index is 0.0542. The molecule has 4 aliphatic rings. The molecule has 4 N–H and O–H groups in total. The molecule has 0 spiro atoms. The van der Waals surface area contributed by atoms with E-state index in [-0.39, 0.29) is 43.7 Å². The second kappa shape index (κ2) is 17.7. The number of likely N-dealkylation sites (tertiary alicyclic amines) is 2. The Labute approximate surface area is 366 Å². The number of benzene rings is 2. The molecule has 4 fully saturated rings. The smallest absolute Gasteiger partial charge is 0.253 e. The van der Waals surface area contributed by atoms with Crippen molar-refractivity contribution >= 4 is 45.9 Å². The number of halogens is 2. The van der Waals surface area contributed by atoms with E-state index >= 15 is 8.78 Å². The third-order valence-corrected chi connectivity index (χ3v) is 13.9. The summed E-state index contributed by atoms with van der Waals surface area (Å²) < 4.78 is 33.7. The number of piperazine rings is 1. The van der Waals surface area contributed by atoms with Gasteiger partial charge in [0.05, 0.1) is 5.69 Å². The van der Waals surface area contributed by atoms with Crippen LogP contribution in [-0.4, -0.2) is 118 Å². The molecule has 4 saturated heterocycles. The summed E-state index contributed by atoms with van der Waals surface area (Å²) in [6.07, 6.45) is 6.87. The third-order valence-electron chi connectivity index (χ3n) is 13.9. The van der Waals surface area contributed by atoms with Gasteiger partial charge in [-0.25, -0.2) is 18.7 Å². The second-order valence-corrected chi connectivity index (χ2v) is 17.8. The summed E-state index contributed by atoms with van der Waals surface area (Å²) >= 11 is 0. The van der Waals surface area contributed by atoms with Crippen molar-refractivity contribution in [3.05, 3.63) is 102 Å². The first kappa shape index (κ1) is 42.4. The van der Waals surface area contributed by atoms with Gasteiger partial charge in [0.1, 0.15) is 29.0 Å². The highest BCUT2D eigenvalue weighted by Crippen LogP contribution is 2.37. The van der Waals surface area contributed by atoms with Gasteiger partial charge in [-0.15, -0.1) is 0 Å². The lowest BCUT2D eigenvalue weighted by molar-refractivity contribution is -0.133. The van der Waals surface area contributed by atoms with Gasteiger partial charge in [-0.05, 0) is 111 Å². The zero-order chi connectivity index (χ0) is 43.8. The van der Waals surface area contributed by atoms with Crippen LogP contribution in [0.5, 0.6) is 0 Å². The van der Waals surface area contributed by atoms with Crippen molar-refractivity contribution in [2.75, 3.05) is 74.9 Å². The van der Waals surface area contributed by atoms with Gasteiger partial charge in [-0.3, -0.25) is 29.5 Å². The van der Waals surface area contributed by atoms with Gasteiger partial charge in [0.2, 0.25) is 11.8 Å². The number of nitrogens with two attached hydrogens (primary N) is 1. The van der Waals surface area contributed by atoms with Crippen molar-refractivity contribution in [3.63, 3.8) is 0 Å². The summed E-state index contributed by atoms with van der Waals surface area (Å²) in [5.74, 6) is -0.256. The number of aryl methyl sites for hydroxylation is 1. The van der Waals surface area contributed by atoms with Crippen molar-refractivity contribution in [2.45, 2.75) is 69.1 Å². The molecule has 330 valence electrons. The predicted molar refractivity (Wildman–Crippen MR) is 241 cm³/mol. The summed E-state index contributed by atoms with van der Waals surface area (Å²) in [7, 11) is 2.09. The Balaban J connectivity index is 0.728. The van der Waals surface area contributed by atoms with Crippen molar-refractivity contribution in [1.29, 1.82) is 0 Å². The number of hydrogen-bond acceptors (Lipinski definition) is 10. The Kier molecular flexibility index (Phi) is 11.9. The number of pyridine rings is 2. The van der Waals surface area contributed by atoms with Crippen LogP contribution >= 0.6 is 0 Å². The van der Waals surface area contributed by atoms with Crippen LogP contribution < -0.4 is 21.3 Å². The van der Waals surface area contributed by atoms with Gasteiger partial charge in [-0.1, -0.05) is 12.1 Å². The topological polar surface area (TPSA) is 145 Å². The number of nitrogen functional groups attached to an aromatic ring is 1. The van der Waals surface area contributed by atoms with Gasteiger partial charge in [0.25, 0.3) is 5.91 Å². The van der Waals surface area contributed by atoms with E-state index in [1.165, 1.54) is 17.3 Å². The second-order valence-electron chi connectivity index (χ2n) is 17.8. The van der Waals surface area contributed by atoms with Crippen LogP contribution in [0.4, 0.5) is 26.0 Å². The Bertz CT molecular complexity index is 2470. The molecule has 0 saturated carbocycles. The number of nitrogens with one attached hydrogen (secondary N) is 2. The normalized spacial score (nSPS) is 20.8. The van der Waals surface area contributed by atoms with Crippen LogP contribution in [0.25, 0.3) is 22.2 Å². The minimum Gasteiger partial charge on any atom is -0.384 e. The minimum atomic E-state index is -1.40. The summed E-state index contributed by atoms with van der Waals surface area (Å²) in [5.41, 5.74) is 11.5. The number of piperidine rings is 3. The molecule has 0 bridgehead atoms. The van der Waals surface area contributed by atoms with E-state index in [0.29, 0.717) is 74.4 Å². The monoisotopic (exact) mass is 858 g/mol. The van der Waals surface area contributed by atoms with E-state index in [0.717, 1.165) is 48.1 Å². The van der Waals surface area contributed by atoms with Crippen LogP contribution in [0.3, 0.4) is 0 Å². The molecule has 13 nitrogen and oxygen atoms in total. The number of hydrogen-bond donors (Lipinski definition) is 3. The predicted octanol–water partition coefficient (Wildman–Crippen LogP) is 6.28. The van der Waals surface area contributed by atoms with Gasteiger partial charge in [0, 0.05) is 118 Å². The van der Waals surface area contributed by atoms with E-state index in [2.05, 4.69) is 62.2 Å². The molecule has 0 radical (unpaired) electrons. The summed E-state index contributed by atoms with van der Waals surface area (Å²) in [5, 5.41) is 6.43. The van der Waals surface area contributed by atoms with E-state index < -0.39 is 23.4 Å². The van der Waals surface area contributed by atoms with Crippen molar-refractivity contribution in [1.82, 2.24) is 34.6 Å². The largest absolute Gasteiger partial charge is 0.384 e. The maximum atomic E-state index is 16.2. The van der Waals surface area contributed by atoms with Crippen LogP contribution in [-0.2, 0) is 16.6 Å². The zero-order valence-corrected chi connectivity index (χ0v) is 36.0. The fourth-order valence-electron chi connectivity index (χ4n) is 10.0. The number of alkyl halides is 1. The molecule has 15 heteroatoms. The molecule has 4 aliphatic heterocycles. The Hall–Kier alpha value is -5.93. The van der Waals surface area contributed by atoms with Crippen molar-refractivity contribution in [2.24, 2.45) is 7.05 Å². The lowest BCUT2D eigenvalue weighted by Crippen LogP contribution is -2.54. The number of carbonyl (C=O) groups excluding carboxylic acids is 3. The molecule has 63 heavy (non-hydrogen) atoms. The molecule has 3 amide bonds. The van der Waals surface area contributed by atoms with Crippen molar-refractivity contribution in [3.8, 4) is 11.1 Å². The standard InChI is InChI=1S/C48H56F2N10O3/c1-31(42-28-38-37(13-18-52-45(38)56(42)2)35-7-11-43(51)53-29-35)58-19-14-33(15-20-58)32-3-5-34(6-4-32)47(63)60-21-16-48(50,17-22-60)30-57-23-25-59(26-24-57)41-10-8-36(27-39(41)49)54-40-9-12-44(61)55-46(40)62/h3-8,10-11,13,18,27-29,31,33,40,54H,9,12,14-17,19-26,30H2,1-2H3,(H2,51,53)(H,55,61,62)/t31-,40?/m0/s1. The molecule has 2 aromatic carbocycles. The number of amides is 3. The summed E-state index contributed by atoms with van der Waals surface area (Å²) in [6, 6.07) is 20.6. The van der Waals surface area contributed by atoms with Crippen LogP contribution in [0.15, 0.2) is 79.1 Å². The maximum absolute atomic E-state index is 16.2. The number of carbonyl (C=O) groups is 3. The highest BCUT2D eigenvalue weighted by molar-refractivity contribution is 6.01. The van der Waals surface area contributed by atoms with Crippen LogP contribution in [0.2, 0.25) is 0 Å². The molecule has 7 heterocycles. The molecule has 3 aromatic heterocycles. The van der Waals surface area contributed by atoms with Gasteiger partial charge < -0.3 is 25.4 Å². The van der Waals surface area contributed by atoms with Gasteiger partial charge in [0.15, 0.2) is 0 Å². The van der Waals surface area contributed by atoms with E-state index in [1.54, 1.807) is 17.0 Å². The molecule has 9 rings (SSSR count). The number of anilines is 3. The molecule has 5 aromatic rings. The fraction of sp³-hybridized carbons (Fsp3) is 0.438. The number of imide groups is 1. The number of aromatic nitrogens is 3. The first-order valence-corrected chi connectivity index (χ1v) is 22.3. The SMILES string of the molecule is C[C@@H](c1cc2c(-c3ccc(N)nc3)ccnc2n1C)N1CCC(c2ccc(C(=O)N3CCC(F)(CN4CCN(c5ccc(NC6CCC(=O)NC6=O)cc5F)CC4)CC3)cc2)CC1. The zero-order valence-electron chi connectivity index (χ0n) is 36.0. The Morgan fingerprint density at radius 1 is 0.921 bits per heavy atom. The lowest BCUT2D eigenvalue weighted by Gasteiger charge is -2.42. The van der Waals surface area contributed by atoms with Crippen LogP contribution in [0.1, 0.15) is 79.0 Å². The molecular weight excluding hydrogens is 803 g/mol. The van der Waals surface area contributed by atoms with E-state index in [4.69, 9.17) is 10.7 Å². The lowest BCUT2D eigenvalue weighted by atomic mass is 9.88. The van der Waals surface area contributed by atoms with Gasteiger partial charge in [-0.2, -0.15) is 0 Å². The molecule has 1 unspecified atom stereocenters. The maximum Gasteiger partial charge on any atom is 0.253 e. The Morgan fingerprint density at radius 3 is 2.35 bits per heavy atom. The first-order valence-electron chi connectivity index (χ1n) is 22.3. The molecular formula is C48H56F2N10O3. The number of rotatable bonds is 10. The quantitative estimate of drug-likeness (QED) is 0.137. The fourth-order valence-corrected chi connectivity index (χ4v) is 10.0. The van der Waals surface area contributed by atoms with Crippen LogP contribution in [0, 0.1) is 5.82 Å². The summed E-state index contributed by atoms with van der Waals surface area (Å²) in [4.78, 5) is 54.6. The highest BCUT2D eigenvalue weighted by atomic mass is 19.1. The third kappa shape index (κ3) is 8.99. The molecule has 0 aliphatic carbocycles. The van der Waals surface area contributed by atoms with E-state index in [9.17, 15) is 14.4 Å². The average Bonchev–Trinajstić information content (AvgIpc) is 3.64. The molecule has 2 atom stereocenters. The highest BCUT2D eigenvalue weighted by Gasteiger charge is 2.39. The first-order chi connectivity index (χ1) is 30.4. The van der Waals surface area contributed by atoms with Crippen molar-refractivity contribution < 1.29 is 23.2 Å². The average molecular weight is 859 g/mol. The van der Waals surface area contributed by atoms with E-state index in [1.807, 2.05) is 47.6 Å². The Morgan fingerprint density at radius 2 is 1.67 bits per heavy atom. The van der Waals surface area contributed by atoms with Gasteiger partial charge >= 0.3 is 0 Å². The summed E-state index contributed by atoms with van der Waals surface area (Å²) in [6.45, 7) is 7.52. The number of fused-ring (bicyclic) bond motifs is 1.